The Bertz CT molecular complexity index is 1670. The highest BCUT2D eigenvalue weighted by Crippen LogP contribution is 2.37. The molecule has 5 rings (SSSR count). The van der Waals surface area contributed by atoms with Gasteiger partial charge in [0.15, 0.2) is 27.8 Å². The van der Waals surface area contributed by atoms with Gasteiger partial charge in [0.2, 0.25) is 5.88 Å². The number of para-hydroxylation sites is 1. The maximum absolute atomic E-state index is 12.7. The predicted octanol–water partition coefficient (Wildman–Crippen LogP) is 4.52. The Kier molecular flexibility index (Phi) is 5.58. The Morgan fingerprint density at radius 2 is 1.86 bits per heavy atom. The molecule has 0 spiro atoms. The van der Waals surface area contributed by atoms with Gasteiger partial charge in [-0.15, -0.1) is 0 Å². The van der Waals surface area contributed by atoms with E-state index in [4.69, 9.17) is 4.99 Å². The number of nitrogens with zero attached hydrogens (tertiary/aromatic N) is 5. The number of thiazole rings is 1. The highest BCUT2D eigenvalue weighted by molar-refractivity contribution is 7.11. The molecule has 0 aliphatic carbocycles. The Balaban J connectivity index is 1.88. The smallest absolute Gasteiger partial charge is 0.219 e. The number of H-pyrrole nitrogens is 1. The zero-order valence-corrected chi connectivity index (χ0v) is 19.9. The Labute approximate surface area is 203 Å². The maximum Gasteiger partial charge on any atom is 0.219 e. The van der Waals surface area contributed by atoms with Crippen LogP contribution >= 0.6 is 11.3 Å². The second-order valence-corrected chi connectivity index (χ2v) is 8.87. The summed E-state index contributed by atoms with van der Waals surface area (Å²) in [4.78, 5) is 38.9. The normalized spacial score (nSPS) is 11.8. The lowest BCUT2D eigenvalue weighted by atomic mass is 9.95. The van der Waals surface area contributed by atoms with Crippen LogP contribution in [0.4, 0.5) is 5.82 Å². The van der Waals surface area contributed by atoms with E-state index in [0.717, 1.165) is 16.9 Å². The zero-order valence-electron chi connectivity index (χ0n) is 19.1. The molecule has 5 aromatic rings. The minimum Gasteiger partial charge on any atom is -0.493 e. The summed E-state index contributed by atoms with van der Waals surface area (Å²) in [6.07, 6.45) is 3.33. The van der Waals surface area contributed by atoms with Crippen LogP contribution < -0.4 is 4.80 Å². The minimum absolute atomic E-state index is 0.144. The molecule has 1 aromatic carbocycles. The molecule has 0 amide bonds. The third-order valence-electron chi connectivity index (χ3n) is 5.51. The summed E-state index contributed by atoms with van der Waals surface area (Å²) in [6.45, 7) is 4.65. The van der Waals surface area contributed by atoms with Gasteiger partial charge in [0.05, 0.1) is 16.8 Å². The van der Waals surface area contributed by atoms with Gasteiger partial charge in [-0.05, 0) is 32.0 Å². The Morgan fingerprint density at radius 3 is 2.51 bits per heavy atom. The van der Waals surface area contributed by atoms with E-state index in [0.29, 0.717) is 38.3 Å². The first-order valence-corrected chi connectivity index (χ1v) is 11.5. The number of rotatable bonds is 5. The largest absolute Gasteiger partial charge is 0.493 e. The van der Waals surface area contributed by atoms with Crippen LogP contribution in [-0.4, -0.2) is 41.4 Å². The van der Waals surface area contributed by atoms with Gasteiger partial charge in [-0.25, -0.2) is 4.98 Å². The van der Waals surface area contributed by atoms with Crippen LogP contribution in [0.1, 0.15) is 39.6 Å². The number of fused-ring (bicyclic) bond motifs is 1. The third kappa shape index (κ3) is 3.83. The van der Waals surface area contributed by atoms with Gasteiger partial charge in [-0.3, -0.25) is 24.2 Å². The van der Waals surface area contributed by atoms with Crippen molar-refractivity contribution < 1.29 is 14.7 Å². The van der Waals surface area contributed by atoms with Crippen LogP contribution in [0.2, 0.25) is 0 Å². The van der Waals surface area contributed by atoms with Crippen molar-refractivity contribution in [3.63, 3.8) is 0 Å². The first kappa shape index (κ1) is 22.4. The van der Waals surface area contributed by atoms with Crippen LogP contribution in [0.5, 0.6) is 5.88 Å². The average Bonchev–Trinajstić information content (AvgIpc) is 3.39. The monoisotopic (exact) mass is 484 g/mol. The maximum atomic E-state index is 12.7. The van der Waals surface area contributed by atoms with Crippen LogP contribution in [-0.2, 0) is 0 Å². The number of hydrogen-bond donors (Lipinski definition) is 2. The summed E-state index contributed by atoms with van der Waals surface area (Å²) < 4.78 is 1.50. The van der Waals surface area contributed by atoms with E-state index < -0.39 is 0 Å². The number of aromatic hydroxyl groups is 1. The predicted molar refractivity (Wildman–Crippen MR) is 132 cm³/mol. The van der Waals surface area contributed by atoms with Crippen LogP contribution in [0, 0.1) is 6.92 Å². The van der Waals surface area contributed by atoms with E-state index in [1.165, 1.54) is 18.4 Å². The average molecular weight is 485 g/mol. The lowest BCUT2D eigenvalue weighted by molar-refractivity contribution is 0.100. The summed E-state index contributed by atoms with van der Waals surface area (Å²) >= 11 is 1.05. The molecule has 4 aromatic heterocycles. The van der Waals surface area contributed by atoms with Gasteiger partial charge in [0.1, 0.15) is 4.88 Å². The van der Waals surface area contributed by atoms with Crippen LogP contribution in [0.3, 0.4) is 0 Å². The molecule has 10 heteroatoms. The van der Waals surface area contributed by atoms with Gasteiger partial charge in [0, 0.05) is 36.0 Å². The molecule has 35 heavy (non-hydrogen) atoms. The highest BCUT2D eigenvalue weighted by Gasteiger charge is 2.23. The number of carbonyl (C=O) groups is 2. The molecule has 0 fully saturated rings. The van der Waals surface area contributed by atoms with Crippen molar-refractivity contribution in [2.45, 2.75) is 20.8 Å². The molecule has 0 unspecified atom stereocenters. The number of Topliss-reactive ketones (excluding diaryl/α,β-unsaturated/α-hetero) is 2. The molecule has 0 aliphatic heterocycles. The number of hydrogen-bond acceptors (Lipinski definition) is 8. The van der Waals surface area contributed by atoms with Crippen molar-refractivity contribution in [2.24, 2.45) is 4.99 Å². The fourth-order valence-corrected chi connectivity index (χ4v) is 4.98. The van der Waals surface area contributed by atoms with Crippen molar-refractivity contribution in [1.82, 2.24) is 24.7 Å². The molecule has 0 atom stereocenters. The van der Waals surface area contributed by atoms with E-state index in [1.54, 1.807) is 37.5 Å². The second kappa shape index (κ2) is 8.73. The Hall–Kier alpha value is -4.44. The molecule has 4 heterocycles. The summed E-state index contributed by atoms with van der Waals surface area (Å²) in [5.74, 6) is -0.347. The Morgan fingerprint density at radius 1 is 1.09 bits per heavy atom. The van der Waals surface area contributed by atoms with E-state index in [-0.39, 0.29) is 28.1 Å². The lowest BCUT2D eigenvalue weighted by Gasteiger charge is -2.11. The van der Waals surface area contributed by atoms with E-state index in [1.807, 2.05) is 24.3 Å². The third-order valence-corrected chi connectivity index (χ3v) is 6.64. The summed E-state index contributed by atoms with van der Waals surface area (Å²) in [5.41, 5.74) is 3.46. The van der Waals surface area contributed by atoms with E-state index >= 15 is 0 Å². The van der Waals surface area contributed by atoms with Crippen LogP contribution in [0.15, 0.2) is 59.9 Å². The first-order valence-electron chi connectivity index (χ1n) is 10.7. The number of ketones is 2. The zero-order chi connectivity index (χ0) is 24.7. The van der Waals surface area contributed by atoms with Crippen molar-refractivity contribution in [1.29, 1.82) is 0 Å². The summed E-state index contributed by atoms with van der Waals surface area (Å²) in [5, 5.41) is 18.7. The number of aromatic nitrogens is 5. The molecule has 0 saturated carbocycles. The number of pyridine rings is 2. The molecular formula is C25H20N6O3S. The molecule has 174 valence electrons. The van der Waals surface area contributed by atoms with Gasteiger partial charge >= 0.3 is 0 Å². The first-order chi connectivity index (χ1) is 16.9. The highest BCUT2D eigenvalue weighted by atomic mass is 32.1. The summed E-state index contributed by atoms with van der Waals surface area (Å²) in [7, 11) is 0. The number of aromatic amines is 1. The molecule has 0 radical (unpaired) electrons. The molecular weight excluding hydrogens is 464 g/mol. The molecule has 0 saturated heterocycles. The minimum atomic E-state index is -0.280. The van der Waals surface area contributed by atoms with Gasteiger partial charge < -0.3 is 5.11 Å². The quantitative estimate of drug-likeness (QED) is 0.353. The van der Waals surface area contributed by atoms with Crippen molar-refractivity contribution in [2.75, 3.05) is 0 Å². The lowest BCUT2D eigenvalue weighted by Crippen LogP contribution is -2.11. The van der Waals surface area contributed by atoms with Crippen molar-refractivity contribution >= 4 is 39.8 Å². The fourth-order valence-electron chi connectivity index (χ4n) is 4.05. The van der Waals surface area contributed by atoms with Gasteiger partial charge in [-0.2, -0.15) is 10.1 Å². The number of aryl methyl sites for hydroxylation is 1. The van der Waals surface area contributed by atoms with Gasteiger partial charge in [0.25, 0.3) is 0 Å². The topological polar surface area (TPSA) is 126 Å². The van der Waals surface area contributed by atoms with Crippen LogP contribution in [0.25, 0.3) is 27.8 Å². The summed E-state index contributed by atoms with van der Waals surface area (Å²) in [6, 6.07) is 12.8. The molecule has 0 aliphatic rings. The second-order valence-electron chi connectivity index (χ2n) is 7.89. The van der Waals surface area contributed by atoms with Gasteiger partial charge in [-0.1, -0.05) is 35.6 Å². The molecule has 0 bridgehead atoms. The van der Waals surface area contributed by atoms with Crippen molar-refractivity contribution in [3.8, 4) is 22.7 Å². The molecule has 2 N–H and O–H groups in total. The standard InChI is InChI=1S/C25H20N6O3S/c1-13-18(14(2)32)19(16-8-7-11-26-12-16)20-22(27-13)29-30-23(20)28-25-31(17-9-5-4-6-10-17)24(34)21(35-25)15(3)33/h4-12,34H,1-3H3,(H,27,29,30). The van der Waals surface area contributed by atoms with Crippen molar-refractivity contribution in [3.05, 3.63) is 75.8 Å². The SMILES string of the molecule is CC(=O)c1sc(=Nc2n[nH]c3nc(C)c(C(C)=O)c(-c4cccnc4)c23)n(-c2ccccc2)c1O. The molecule has 9 nitrogen and oxygen atoms in total. The fraction of sp³-hybridized carbons (Fsp3) is 0.120. The van der Waals surface area contributed by atoms with E-state index in [9.17, 15) is 14.7 Å². The number of carbonyl (C=O) groups excluding carboxylic acids is 2. The van der Waals surface area contributed by atoms with E-state index in [2.05, 4.69) is 20.2 Å². The number of nitrogens with one attached hydrogen (secondary N) is 1. The number of benzene rings is 1.